The molecule has 1 heteroatoms. The van der Waals surface area contributed by atoms with Gasteiger partial charge in [-0.05, 0) is 41.3 Å². The van der Waals surface area contributed by atoms with Crippen LogP contribution in [0.1, 0.15) is 30.5 Å². The van der Waals surface area contributed by atoms with E-state index in [4.69, 9.17) is 0 Å². The summed E-state index contributed by atoms with van der Waals surface area (Å²) in [4.78, 5) is 0. The van der Waals surface area contributed by atoms with E-state index in [-0.39, 0.29) is 11.2 Å². The van der Waals surface area contributed by atoms with Gasteiger partial charge < -0.3 is 0 Å². The molecule has 0 bridgehead atoms. The van der Waals surface area contributed by atoms with Crippen molar-refractivity contribution in [2.75, 3.05) is 0 Å². The molecule has 0 aromatic heterocycles. The van der Waals surface area contributed by atoms with Gasteiger partial charge in [0.1, 0.15) is 5.82 Å². The quantitative estimate of drug-likeness (QED) is 0.623. The van der Waals surface area contributed by atoms with Crippen LogP contribution < -0.4 is 0 Å². The maximum Gasteiger partial charge on any atom is 0.123 e. The Labute approximate surface area is 101 Å². The van der Waals surface area contributed by atoms with Crippen molar-refractivity contribution in [2.45, 2.75) is 26.2 Å². The van der Waals surface area contributed by atoms with Gasteiger partial charge in [-0.1, -0.05) is 43.7 Å². The second kappa shape index (κ2) is 3.19. The number of hydrogen-bond donors (Lipinski definition) is 0. The number of aryl methyl sites for hydroxylation is 1. The Bertz CT molecular complexity index is 555. The van der Waals surface area contributed by atoms with E-state index in [2.05, 4.69) is 39.0 Å². The number of rotatable bonds is 0. The first-order valence-corrected chi connectivity index (χ1v) is 5.92. The number of fused-ring (bicyclic) bond motifs is 3. The summed E-state index contributed by atoms with van der Waals surface area (Å²) >= 11 is 0. The topological polar surface area (TPSA) is 0 Å². The van der Waals surface area contributed by atoms with Crippen LogP contribution in [0.5, 0.6) is 0 Å². The van der Waals surface area contributed by atoms with Crippen molar-refractivity contribution in [1.29, 1.82) is 0 Å². The van der Waals surface area contributed by atoms with Crippen molar-refractivity contribution < 1.29 is 4.39 Å². The van der Waals surface area contributed by atoms with Crippen molar-refractivity contribution in [2.24, 2.45) is 0 Å². The van der Waals surface area contributed by atoms with Crippen LogP contribution in [-0.2, 0) is 5.41 Å². The van der Waals surface area contributed by atoms with E-state index in [1.807, 2.05) is 6.07 Å². The van der Waals surface area contributed by atoms with Crippen LogP contribution in [0.25, 0.3) is 11.1 Å². The van der Waals surface area contributed by atoms with Gasteiger partial charge in [0.05, 0.1) is 0 Å². The van der Waals surface area contributed by atoms with E-state index >= 15 is 0 Å². The van der Waals surface area contributed by atoms with Crippen LogP contribution in [0.3, 0.4) is 0 Å². The molecule has 0 aliphatic heterocycles. The maximum absolute atomic E-state index is 13.4. The minimum absolute atomic E-state index is 0.0984. The third kappa shape index (κ3) is 1.35. The average Bonchev–Trinajstić information content (AvgIpc) is 2.49. The van der Waals surface area contributed by atoms with Crippen molar-refractivity contribution in [1.82, 2.24) is 0 Å². The lowest BCUT2D eigenvalue weighted by Gasteiger charge is -2.21. The molecular weight excluding hydrogens is 211 g/mol. The summed E-state index contributed by atoms with van der Waals surface area (Å²) in [5.74, 6) is -0.152. The van der Waals surface area contributed by atoms with Crippen molar-refractivity contribution >= 4 is 0 Å². The highest BCUT2D eigenvalue weighted by Gasteiger charge is 2.35. The molecule has 3 rings (SSSR count). The van der Waals surface area contributed by atoms with Crippen LogP contribution in [0.15, 0.2) is 36.4 Å². The van der Waals surface area contributed by atoms with Gasteiger partial charge in [-0.25, -0.2) is 4.39 Å². The van der Waals surface area contributed by atoms with E-state index in [9.17, 15) is 4.39 Å². The predicted octanol–water partition coefficient (Wildman–Crippen LogP) is 4.44. The van der Waals surface area contributed by atoms with E-state index in [0.29, 0.717) is 0 Å². The van der Waals surface area contributed by atoms with Crippen LogP contribution in [0.2, 0.25) is 0 Å². The molecule has 1 aliphatic rings. The molecule has 86 valence electrons. The van der Waals surface area contributed by atoms with Crippen molar-refractivity contribution in [3.8, 4) is 11.1 Å². The summed E-state index contributed by atoms with van der Waals surface area (Å²) < 4.78 is 13.4. The van der Waals surface area contributed by atoms with Gasteiger partial charge in [0, 0.05) is 5.41 Å². The molecule has 0 atom stereocenters. The monoisotopic (exact) mass is 226 g/mol. The molecule has 0 saturated heterocycles. The molecule has 0 saturated carbocycles. The molecule has 0 nitrogen and oxygen atoms in total. The highest BCUT2D eigenvalue weighted by atomic mass is 19.1. The lowest BCUT2D eigenvalue weighted by Crippen LogP contribution is -2.15. The first-order chi connectivity index (χ1) is 8.00. The smallest absolute Gasteiger partial charge is 0.123 e. The highest BCUT2D eigenvalue weighted by molar-refractivity contribution is 5.80. The summed E-state index contributed by atoms with van der Waals surface area (Å²) in [6.45, 7) is 6.42. The second-order valence-electron chi connectivity index (χ2n) is 5.36. The average molecular weight is 226 g/mol. The van der Waals surface area contributed by atoms with Crippen LogP contribution >= 0.6 is 0 Å². The first-order valence-electron chi connectivity index (χ1n) is 5.92. The van der Waals surface area contributed by atoms with Gasteiger partial charge in [-0.15, -0.1) is 0 Å². The summed E-state index contributed by atoms with van der Waals surface area (Å²) in [5, 5.41) is 0. The normalized spacial score (nSPS) is 15.5. The molecule has 1 aliphatic carbocycles. The fourth-order valence-corrected chi connectivity index (χ4v) is 2.82. The fourth-order valence-electron chi connectivity index (χ4n) is 2.82. The molecular formula is C16H15F. The molecule has 0 N–H and O–H groups in total. The van der Waals surface area contributed by atoms with E-state index in [1.165, 1.54) is 22.3 Å². The summed E-state index contributed by atoms with van der Waals surface area (Å²) in [5.41, 5.74) is 5.97. The van der Waals surface area contributed by atoms with Gasteiger partial charge >= 0.3 is 0 Å². The van der Waals surface area contributed by atoms with Gasteiger partial charge in [0.15, 0.2) is 0 Å². The van der Waals surface area contributed by atoms with E-state index < -0.39 is 0 Å². The lowest BCUT2D eigenvalue weighted by molar-refractivity contribution is 0.609. The Kier molecular flexibility index (Phi) is 1.97. The Morgan fingerprint density at radius 2 is 1.47 bits per heavy atom. The highest BCUT2D eigenvalue weighted by Crippen LogP contribution is 2.48. The number of halogens is 1. The number of benzene rings is 2. The van der Waals surface area contributed by atoms with Crippen molar-refractivity contribution in [3.63, 3.8) is 0 Å². The zero-order valence-electron chi connectivity index (χ0n) is 10.3. The third-order valence-electron chi connectivity index (χ3n) is 3.79. The molecule has 0 radical (unpaired) electrons. The van der Waals surface area contributed by atoms with Crippen molar-refractivity contribution in [3.05, 3.63) is 58.9 Å². The first kappa shape index (κ1) is 10.5. The van der Waals surface area contributed by atoms with E-state index in [0.717, 1.165) is 5.56 Å². The standard InChI is InChI=1S/C16H15F/c1-10-4-6-12-13-7-5-11(17)9-15(13)16(2,3)14(12)8-10/h4-9H,1-3H3. The maximum atomic E-state index is 13.4. The summed E-state index contributed by atoms with van der Waals surface area (Å²) in [6.07, 6.45) is 0. The largest absolute Gasteiger partial charge is 0.207 e. The molecule has 0 spiro atoms. The molecule has 2 aromatic rings. The Morgan fingerprint density at radius 1 is 0.882 bits per heavy atom. The SMILES string of the molecule is Cc1ccc2c(c1)C(C)(C)c1cc(F)ccc1-2. The minimum atomic E-state index is -0.152. The summed E-state index contributed by atoms with van der Waals surface area (Å²) in [7, 11) is 0. The molecule has 0 fully saturated rings. The predicted molar refractivity (Wildman–Crippen MR) is 68.7 cm³/mol. The van der Waals surface area contributed by atoms with Gasteiger partial charge in [-0.2, -0.15) is 0 Å². The third-order valence-corrected chi connectivity index (χ3v) is 3.79. The Hall–Kier alpha value is -1.63. The van der Waals surface area contributed by atoms with Gasteiger partial charge in [-0.3, -0.25) is 0 Å². The fraction of sp³-hybridized carbons (Fsp3) is 0.250. The van der Waals surface area contributed by atoms with Gasteiger partial charge in [0.2, 0.25) is 0 Å². The minimum Gasteiger partial charge on any atom is -0.207 e. The van der Waals surface area contributed by atoms with Crippen LogP contribution in [0.4, 0.5) is 4.39 Å². The van der Waals surface area contributed by atoms with Crippen LogP contribution in [0, 0.1) is 12.7 Å². The van der Waals surface area contributed by atoms with Gasteiger partial charge in [0.25, 0.3) is 0 Å². The second-order valence-corrected chi connectivity index (χ2v) is 5.36. The Morgan fingerprint density at radius 3 is 2.18 bits per heavy atom. The number of hydrogen-bond acceptors (Lipinski definition) is 0. The summed E-state index contributed by atoms with van der Waals surface area (Å²) in [6, 6.07) is 11.6. The zero-order chi connectivity index (χ0) is 12.2. The molecule has 17 heavy (non-hydrogen) atoms. The lowest BCUT2D eigenvalue weighted by atomic mass is 9.82. The molecule has 2 aromatic carbocycles. The molecule has 0 amide bonds. The zero-order valence-corrected chi connectivity index (χ0v) is 10.3. The molecule has 0 heterocycles. The Balaban J connectivity index is 2.37. The van der Waals surface area contributed by atoms with E-state index in [1.54, 1.807) is 12.1 Å². The molecule has 0 unspecified atom stereocenters. The van der Waals surface area contributed by atoms with Crippen LogP contribution in [-0.4, -0.2) is 0 Å².